The van der Waals surface area contributed by atoms with Crippen LogP contribution in [0.25, 0.3) is 0 Å². The molecule has 0 atom stereocenters. The van der Waals surface area contributed by atoms with Crippen molar-refractivity contribution in [2.75, 3.05) is 27.9 Å². The first kappa shape index (κ1) is 15.0. The number of benzene rings is 1. The Morgan fingerprint density at radius 3 is 2.15 bits per heavy atom. The Morgan fingerprint density at radius 1 is 1.00 bits per heavy atom. The van der Waals surface area contributed by atoms with Crippen LogP contribution >= 0.6 is 0 Å². The lowest BCUT2D eigenvalue weighted by molar-refractivity contribution is 0.323. The highest BCUT2D eigenvalue weighted by molar-refractivity contribution is 5.53. The third-order valence-electron chi connectivity index (χ3n) is 3.63. The predicted octanol–water partition coefficient (Wildman–Crippen LogP) is 2.79. The van der Waals surface area contributed by atoms with Crippen molar-refractivity contribution >= 4 is 0 Å². The van der Waals surface area contributed by atoms with E-state index in [9.17, 15) is 0 Å². The van der Waals surface area contributed by atoms with Crippen LogP contribution in [0.5, 0.6) is 17.2 Å². The highest BCUT2D eigenvalue weighted by Gasteiger charge is 2.19. The van der Waals surface area contributed by atoms with E-state index in [4.69, 9.17) is 14.2 Å². The number of ether oxygens (including phenoxy) is 3. The Kier molecular flexibility index (Phi) is 5.53. The molecule has 0 radical (unpaired) electrons. The largest absolute Gasteiger partial charge is 0.493 e. The van der Waals surface area contributed by atoms with E-state index >= 15 is 0 Å². The minimum Gasteiger partial charge on any atom is -0.493 e. The van der Waals surface area contributed by atoms with Crippen molar-refractivity contribution in [2.24, 2.45) is 0 Å². The van der Waals surface area contributed by atoms with Crippen LogP contribution in [0, 0.1) is 0 Å². The van der Waals surface area contributed by atoms with Crippen molar-refractivity contribution in [3.63, 3.8) is 0 Å². The van der Waals surface area contributed by atoms with Gasteiger partial charge in [-0.1, -0.05) is 0 Å². The van der Waals surface area contributed by atoms with Crippen LogP contribution in [0.3, 0.4) is 0 Å². The molecule has 0 amide bonds. The highest BCUT2D eigenvalue weighted by Crippen LogP contribution is 2.38. The quantitative estimate of drug-likeness (QED) is 0.706. The van der Waals surface area contributed by atoms with Crippen LogP contribution in [0.4, 0.5) is 0 Å². The van der Waals surface area contributed by atoms with Gasteiger partial charge in [0.1, 0.15) is 0 Å². The number of aryl methyl sites for hydroxylation is 1. The molecule has 1 aromatic carbocycles. The van der Waals surface area contributed by atoms with E-state index in [1.54, 1.807) is 21.3 Å². The number of hydrogen-bond donors (Lipinski definition) is 1. The molecule has 1 aliphatic rings. The van der Waals surface area contributed by atoms with Crippen LogP contribution in [-0.2, 0) is 6.42 Å². The van der Waals surface area contributed by atoms with E-state index in [0.717, 1.165) is 30.5 Å². The van der Waals surface area contributed by atoms with Gasteiger partial charge in [-0.2, -0.15) is 0 Å². The minimum atomic E-state index is 0.661. The Morgan fingerprint density at radius 2 is 1.65 bits per heavy atom. The molecule has 112 valence electrons. The fraction of sp³-hybridized carbons (Fsp3) is 0.625. The maximum absolute atomic E-state index is 5.37. The van der Waals surface area contributed by atoms with Crippen LogP contribution < -0.4 is 19.5 Å². The van der Waals surface area contributed by atoms with Crippen molar-refractivity contribution < 1.29 is 14.2 Å². The second-order valence-electron chi connectivity index (χ2n) is 5.22. The first-order valence-electron chi connectivity index (χ1n) is 7.30. The zero-order valence-electron chi connectivity index (χ0n) is 12.7. The molecule has 20 heavy (non-hydrogen) atoms. The van der Waals surface area contributed by atoms with Gasteiger partial charge in [-0.15, -0.1) is 0 Å². The Labute approximate surface area is 121 Å². The van der Waals surface area contributed by atoms with Gasteiger partial charge in [0.15, 0.2) is 11.5 Å². The van der Waals surface area contributed by atoms with Gasteiger partial charge in [-0.05, 0) is 56.3 Å². The van der Waals surface area contributed by atoms with E-state index in [-0.39, 0.29) is 0 Å². The van der Waals surface area contributed by atoms with Crippen molar-refractivity contribution in [3.05, 3.63) is 17.7 Å². The van der Waals surface area contributed by atoms with Crippen molar-refractivity contribution in [1.29, 1.82) is 0 Å². The van der Waals surface area contributed by atoms with Crippen molar-refractivity contribution in [3.8, 4) is 17.2 Å². The number of rotatable bonds is 9. The third kappa shape index (κ3) is 4.04. The molecule has 1 aromatic rings. The minimum absolute atomic E-state index is 0.661. The Bertz CT molecular complexity index is 405. The number of unbranched alkanes of at least 4 members (excludes halogenated alkanes) is 1. The molecule has 4 nitrogen and oxygen atoms in total. The summed E-state index contributed by atoms with van der Waals surface area (Å²) in [5.74, 6) is 2.13. The van der Waals surface area contributed by atoms with E-state index in [1.165, 1.54) is 31.2 Å². The molecule has 0 heterocycles. The molecule has 1 saturated carbocycles. The maximum atomic E-state index is 5.37. The van der Waals surface area contributed by atoms with E-state index < -0.39 is 0 Å². The SMILES string of the molecule is COc1cc(CCCCNC2CC2)cc(OC)c1OC. The summed E-state index contributed by atoms with van der Waals surface area (Å²) in [6.45, 7) is 1.12. The fourth-order valence-corrected chi connectivity index (χ4v) is 2.33. The van der Waals surface area contributed by atoms with Crippen LogP contribution in [-0.4, -0.2) is 33.9 Å². The normalized spacial score (nSPS) is 14.2. The zero-order chi connectivity index (χ0) is 14.4. The van der Waals surface area contributed by atoms with E-state index in [2.05, 4.69) is 5.32 Å². The molecular formula is C16H25NO3. The number of hydrogen-bond acceptors (Lipinski definition) is 4. The highest BCUT2D eigenvalue weighted by atomic mass is 16.5. The lowest BCUT2D eigenvalue weighted by Crippen LogP contribution is -2.17. The summed E-state index contributed by atoms with van der Waals surface area (Å²) >= 11 is 0. The third-order valence-corrected chi connectivity index (χ3v) is 3.63. The van der Waals surface area contributed by atoms with Crippen molar-refractivity contribution in [1.82, 2.24) is 5.32 Å². The van der Waals surface area contributed by atoms with Crippen LogP contribution in [0.2, 0.25) is 0 Å². The lowest BCUT2D eigenvalue weighted by Gasteiger charge is -2.14. The molecule has 0 unspecified atom stereocenters. The van der Waals surface area contributed by atoms with Crippen LogP contribution in [0.1, 0.15) is 31.2 Å². The van der Waals surface area contributed by atoms with Gasteiger partial charge in [-0.25, -0.2) is 0 Å². The summed E-state index contributed by atoms with van der Waals surface area (Å²) < 4.78 is 16.1. The van der Waals surface area contributed by atoms with Gasteiger partial charge in [0.05, 0.1) is 21.3 Å². The lowest BCUT2D eigenvalue weighted by atomic mass is 10.1. The van der Waals surface area contributed by atoms with E-state index in [0.29, 0.717) is 5.75 Å². The molecular weight excluding hydrogens is 254 g/mol. The first-order chi connectivity index (χ1) is 9.78. The molecule has 1 aliphatic carbocycles. The predicted molar refractivity (Wildman–Crippen MR) is 80.1 cm³/mol. The molecule has 0 saturated heterocycles. The molecule has 4 heteroatoms. The summed E-state index contributed by atoms with van der Waals surface area (Å²) in [5, 5.41) is 3.54. The second-order valence-corrected chi connectivity index (χ2v) is 5.22. The van der Waals surface area contributed by atoms with Gasteiger partial charge < -0.3 is 19.5 Å². The van der Waals surface area contributed by atoms with E-state index in [1.807, 2.05) is 12.1 Å². The van der Waals surface area contributed by atoms with Gasteiger partial charge in [0, 0.05) is 6.04 Å². The molecule has 2 rings (SSSR count). The maximum Gasteiger partial charge on any atom is 0.203 e. The topological polar surface area (TPSA) is 39.7 Å². The smallest absolute Gasteiger partial charge is 0.203 e. The molecule has 0 aromatic heterocycles. The summed E-state index contributed by atoms with van der Waals surface area (Å²) in [6, 6.07) is 4.88. The number of methoxy groups -OCH3 is 3. The molecule has 1 fully saturated rings. The molecule has 1 N–H and O–H groups in total. The van der Waals surface area contributed by atoms with Gasteiger partial charge in [0.25, 0.3) is 0 Å². The average Bonchev–Trinajstić information content (AvgIpc) is 3.29. The summed E-state index contributed by atoms with van der Waals surface area (Å²) in [7, 11) is 4.94. The number of nitrogens with one attached hydrogen (secondary N) is 1. The zero-order valence-corrected chi connectivity index (χ0v) is 12.7. The Balaban J connectivity index is 1.89. The van der Waals surface area contributed by atoms with Gasteiger partial charge in [-0.3, -0.25) is 0 Å². The average molecular weight is 279 g/mol. The summed E-state index contributed by atoms with van der Waals surface area (Å²) in [4.78, 5) is 0. The van der Waals surface area contributed by atoms with Crippen molar-refractivity contribution in [2.45, 2.75) is 38.1 Å². The van der Waals surface area contributed by atoms with Gasteiger partial charge >= 0.3 is 0 Å². The molecule has 0 bridgehead atoms. The molecule has 0 spiro atoms. The first-order valence-corrected chi connectivity index (χ1v) is 7.30. The van der Waals surface area contributed by atoms with Gasteiger partial charge in [0.2, 0.25) is 5.75 Å². The van der Waals surface area contributed by atoms with Crippen LogP contribution in [0.15, 0.2) is 12.1 Å². The summed E-state index contributed by atoms with van der Waals surface area (Å²) in [5.41, 5.74) is 1.23. The standard InChI is InChI=1S/C16H25NO3/c1-18-14-10-12(11-15(19-2)16(14)20-3)6-4-5-9-17-13-7-8-13/h10-11,13,17H,4-9H2,1-3H3. The Hall–Kier alpha value is -1.42. The monoisotopic (exact) mass is 279 g/mol. The second kappa shape index (κ2) is 7.39. The summed E-state index contributed by atoms with van der Waals surface area (Å²) in [6.07, 6.45) is 6.11. The fourth-order valence-electron chi connectivity index (χ4n) is 2.33. The molecule has 0 aliphatic heterocycles.